The van der Waals surface area contributed by atoms with Crippen LogP contribution >= 0.6 is 11.3 Å². The predicted molar refractivity (Wildman–Crippen MR) is 64.5 cm³/mol. The third-order valence-corrected chi connectivity index (χ3v) is 3.21. The maximum absolute atomic E-state index is 4.24. The quantitative estimate of drug-likeness (QED) is 0.860. The summed E-state index contributed by atoms with van der Waals surface area (Å²) >= 11 is 1.75. The third-order valence-electron chi connectivity index (χ3n) is 2.48. The summed E-state index contributed by atoms with van der Waals surface area (Å²) in [5, 5.41) is 7.41. The molecule has 0 amide bonds. The van der Waals surface area contributed by atoms with E-state index in [1.165, 1.54) is 5.56 Å². The number of nitrogens with one attached hydrogen (secondary N) is 1. The van der Waals surface area contributed by atoms with Gasteiger partial charge in [0.15, 0.2) is 0 Å². The molecule has 0 aromatic carbocycles. The fourth-order valence-corrected chi connectivity index (χ4v) is 2.39. The second-order valence-corrected chi connectivity index (χ2v) is 4.37. The van der Waals surface area contributed by atoms with Crippen molar-refractivity contribution in [2.45, 2.75) is 19.4 Å². The van der Waals surface area contributed by atoms with Crippen molar-refractivity contribution < 1.29 is 0 Å². The lowest BCUT2D eigenvalue weighted by Gasteiger charge is -2.15. The SMILES string of the molecule is CNc1nccn1C(C)Cc1ccsc1. The van der Waals surface area contributed by atoms with Crippen molar-refractivity contribution in [3.05, 3.63) is 34.8 Å². The summed E-state index contributed by atoms with van der Waals surface area (Å²) in [6, 6.07) is 2.61. The van der Waals surface area contributed by atoms with Crippen molar-refractivity contribution in [3.8, 4) is 0 Å². The van der Waals surface area contributed by atoms with Gasteiger partial charge in [0.05, 0.1) is 0 Å². The van der Waals surface area contributed by atoms with E-state index in [9.17, 15) is 0 Å². The summed E-state index contributed by atoms with van der Waals surface area (Å²) in [5.74, 6) is 0.928. The molecule has 15 heavy (non-hydrogen) atoms. The van der Waals surface area contributed by atoms with Crippen molar-refractivity contribution in [1.82, 2.24) is 9.55 Å². The van der Waals surface area contributed by atoms with Crippen LogP contribution in [-0.4, -0.2) is 16.6 Å². The van der Waals surface area contributed by atoms with Crippen LogP contribution < -0.4 is 5.32 Å². The Bertz CT molecular complexity index is 405. The van der Waals surface area contributed by atoms with Crippen molar-refractivity contribution in [2.24, 2.45) is 0 Å². The van der Waals surface area contributed by atoms with Crippen LogP contribution in [0.15, 0.2) is 29.2 Å². The van der Waals surface area contributed by atoms with Crippen LogP contribution in [-0.2, 0) is 6.42 Å². The summed E-state index contributed by atoms with van der Waals surface area (Å²) in [4.78, 5) is 4.24. The molecule has 0 bridgehead atoms. The summed E-state index contributed by atoms with van der Waals surface area (Å²) in [5.41, 5.74) is 1.39. The van der Waals surface area contributed by atoms with E-state index in [-0.39, 0.29) is 0 Å². The molecule has 0 aliphatic rings. The molecule has 4 heteroatoms. The Kier molecular flexibility index (Phi) is 3.06. The molecule has 3 nitrogen and oxygen atoms in total. The molecule has 2 heterocycles. The predicted octanol–water partition coefficient (Wildman–Crippen LogP) is 2.79. The van der Waals surface area contributed by atoms with Crippen LogP contribution in [0.2, 0.25) is 0 Å². The first-order chi connectivity index (χ1) is 7.31. The molecule has 2 aromatic rings. The van der Waals surface area contributed by atoms with Crippen molar-refractivity contribution in [3.63, 3.8) is 0 Å². The van der Waals surface area contributed by atoms with E-state index >= 15 is 0 Å². The normalized spacial score (nSPS) is 12.7. The van der Waals surface area contributed by atoms with E-state index in [0.717, 1.165) is 12.4 Å². The van der Waals surface area contributed by atoms with Crippen molar-refractivity contribution >= 4 is 17.3 Å². The first-order valence-electron chi connectivity index (χ1n) is 5.03. The average molecular weight is 221 g/mol. The number of aromatic nitrogens is 2. The standard InChI is InChI=1S/C11H15N3S/c1-9(7-10-3-6-15-8-10)14-5-4-13-11(14)12-2/h3-6,8-9H,7H2,1-2H3,(H,12,13). The smallest absolute Gasteiger partial charge is 0.202 e. The van der Waals surface area contributed by atoms with Gasteiger partial charge in [0.25, 0.3) is 0 Å². The molecule has 0 aliphatic heterocycles. The van der Waals surface area contributed by atoms with Crippen LogP contribution in [0.5, 0.6) is 0 Å². The molecule has 0 saturated heterocycles. The number of thiophene rings is 1. The number of hydrogen-bond acceptors (Lipinski definition) is 3. The van der Waals surface area contributed by atoms with Crippen molar-refractivity contribution in [2.75, 3.05) is 12.4 Å². The van der Waals surface area contributed by atoms with Gasteiger partial charge in [-0.2, -0.15) is 11.3 Å². The van der Waals surface area contributed by atoms with E-state index in [2.05, 4.69) is 38.6 Å². The summed E-state index contributed by atoms with van der Waals surface area (Å²) < 4.78 is 2.16. The zero-order chi connectivity index (χ0) is 10.7. The number of nitrogens with zero attached hydrogens (tertiary/aromatic N) is 2. The molecule has 0 aliphatic carbocycles. The van der Waals surface area contributed by atoms with E-state index < -0.39 is 0 Å². The number of rotatable bonds is 4. The third kappa shape index (κ3) is 2.21. The second kappa shape index (κ2) is 4.49. The van der Waals surface area contributed by atoms with Crippen LogP contribution in [0.25, 0.3) is 0 Å². The van der Waals surface area contributed by atoms with Gasteiger partial charge in [-0.1, -0.05) is 0 Å². The minimum Gasteiger partial charge on any atom is -0.359 e. The van der Waals surface area contributed by atoms with E-state index in [1.54, 1.807) is 11.3 Å². The second-order valence-electron chi connectivity index (χ2n) is 3.59. The Morgan fingerprint density at radius 3 is 3.13 bits per heavy atom. The van der Waals surface area contributed by atoms with E-state index in [0.29, 0.717) is 6.04 Å². The molecule has 1 unspecified atom stereocenters. The first-order valence-corrected chi connectivity index (χ1v) is 5.97. The monoisotopic (exact) mass is 221 g/mol. The Hall–Kier alpha value is -1.29. The highest BCUT2D eigenvalue weighted by atomic mass is 32.1. The van der Waals surface area contributed by atoms with Gasteiger partial charge in [0, 0.05) is 25.5 Å². The number of anilines is 1. The molecule has 0 spiro atoms. The molecule has 2 aromatic heterocycles. The van der Waals surface area contributed by atoms with Crippen LogP contribution in [0.3, 0.4) is 0 Å². The molecule has 0 radical (unpaired) electrons. The zero-order valence-electron chi connectivity index (χ0n) is 8.97. The van der Waals surface area contributed by atoms with Gasteiger partial charge >= 0.3 is 0 Å². The van der Waals surface area contributed by atoms with Crippen LogP contribution in [0.4, 0.5) is 5.95 Å². The molecule has 80 valence electrons. The topological polar surface area (TPSA) is 29.9 Å². The fraction of sp³-hybridized carbons (Fsp3) is 0.364. The molecule has 0 fully saturated rings. The molecular formula is C11H15N3S. The minimum absolute atomic E-state index is 0.435. The summed E-state index contributed by atoms with van der Waals surface area (Å²) in [6.07, 6.45) is 4.90. The highest BCUT2D eigenvalue weighted by molar-refractivity contribution is 7.07. The highest BCUT2D eigenvalue weighted by Crippen LogP contribution is 2.19. The number of hydrogen-bond donors (Lipinski definition) is 1. The van der Waals surface area contributed by atoms with Gasteiger partial charge in [0.1, 0.15) is 0 Å². The molecular weight excluding hydrogens is 206 g/mol. The average Bonchev–Trinajstić information content (AvgIpc) is 2.86. The highest BCUT2D eigenvalue weighted by Gasteiger charge is 2.09. The Labute approximate surface area is 93.8 Å². The lowest BCUT2D eigenvalue weighted by atomic mass is 10.1. The molecule has 0 saturated carbocycles. The maximum atomic E-state index is 4.24. The Morgan fingerprint density at radius 2 is 2.47 bits per heavy atom. The van der Waals surface area contributed by atoms with E-state index in [1.807, 2.05) is 19.4 Å². The van der Waals surface area contributed by atoms with Crippen LogP contribution in [0.1, 0.15) is 18.5 Å². The maximum Gasteiger partial charge on any atom is 0.202 e. The lowest BCUT2D eigenvalue weighted by molar-refractivity contribution is 0.551. The molecule has 2 rings (SSSR count). The van der Waals surface area contributed by atoms with Gasteiger partial charge in [-0.05, 0) is 35.7 Å². The lowest BCUT2D eigenvalue weighted by Crippen LogP contribution is -2.10. The zero-order valence-corrected chi connectivity index (χ0v) is 9.79. The van der Waals surface area contributed by atoms with Gasteiger partial charge in [-0.3, -0.25) is 0 Å². The molecule has 1 atom stereocenters. The summed E-state index contributed by atoms with van der Waals surface area (Å²) in [7, 11) is 1.90. The fourth-order valence-electron chi connectivity index (χ4n) is 1.71. The number of imidazole rings is 1. The van der Waals surface area contributed by atoms with E-state index in [4.69, 9.17) is 0 Å². The largest absolute Gasteiger partial charge is 0.359 e. The van der Waals surface area contributed by atoms with Crippen molar-refractivity contribution in [1.29, 1.82) is 0 Å². The van der Waals surface area contributed by atoms with Gasteiger partial charge in [-0.25, -0.2) is 4.98 Å². The van der Waals surface area contributed by atoms with Gasteiger partial charge in [0.2, 0.25) is 5.95 Å². The summed E-state index contributed by atoms with van der Waals surface area (Å²) in [6.45, 7) is 2.21. The Balaban J connectivity index is 2.11. The minimum atomic E-state index is 0.435. The van der Waals surface area contributed by atoms with Crippen LogP contribution in [0, 0.1) is 0 Å². The first kappa shape index (κ1) is 10.2. The molecule has 1 N–H and O–H groups in total. The van der Waals surface area contributed by atoms with Gasteiger partial charge < -0.3 is 9.88 Å². The Morgan fingerprint density at radius 1 is 1.60 bits per heavy atom. The van der Waals surface area contributed by atoms with Gasteiger partial charge in [-0.15, -0.1) is 0 Å².